The molecule has 0 unspecified atom stereocenters. The second-order valence-corrected chi connectivity index (χ2v) is 5.09. The Kier molecular flexibility index (Phi) is 5.78. The highest BCUT2D eigenvalue weighted by Crippen LogP contribution is 2.24. The van der Waals surface area contributed by atoms with Crippen molar-refractivity contribution in [1.82, 2.24) is 15.1 Å². The maximum absolute atomic E-state index is 8.75. The normalized spacial score (nSPS) is 11.0. The number of aromatic nitrogens is 2. The summed E-state index contributed by atoms with van der Waals surface area (Å²) in [6.45, 7) is 4.46. The van der Waals surface area contributed by atoms with Gasteiger partial charge in [-0.25, -0.2) is 0 Å². The van der Waals surface area contributed by atoms with E-state index in [-0.39, 0.29) is 6.61 Å². The van der Waals surface area contributed by atoms with Crippen LogP contribution in [-0.2, 0) is 6.54 Å². The molecule has 1 aromatic carbocycles. The fraction of sp³-hybridized carbons (Fsp3) is 0.438. The topological polar surface area (TPSA) is 61.4 Å². The summed E-state index contributed by atoms with van der Waals surface area (Å²) in [6, 6.07) is 7.79. The summed E-state index contributed by atoms with van der Waals surface area (Å²) in [7, 11) is 2.12. The van der Waals surface area contributed by atoms with Crippen molar-refractivity contribution < 1.29 is 9.84 Å². The summed E-state index contributed by atoms with van der Waals surface area (Å²) >= 11 is 0. The Bertz CT molecular complexity index is 537. The largest absolute Gasteiger partial charge is 0.491 e. The Labute approximate surface area is 125 Å². The number of aliphatic hydroxyl groups is 1. The maximum Gasteiger partial charge on any atom is 0.119 e. The highest BCUT2D eigenvalue weighted by Gasteiger charge is 2.10. The molecule has 0 atom stereocenters. The number of aromatic amines is 1. The summed E-state index contributed by atoms with van der Waals surface area (Å²) in [5, 5.41) is 16.1. The summed E-state index contributed by atoms with van der Waals surface area (Å²) in [5.74, 6) is 0.757. The monoisotopic (exact) mass is 289 g/mol. The molecule has 5 heteroatoms. The Morgan fingerprint density at radius 2 is 2.05 bits per heavy atom. The molecule has 21 heavy (non-hydrogen) atoms. The van der Waals surface area contributed by atoms with Gasteiger partial charge >= 0.3 is 0 Å². The molecular weight excluding hydrogens is 266 g/mol. The second kappa shape index (κ2) is 7.81. The van der Waals surface area contributed by atoms with E-state index in [2.05, 4.69) is 29.1 Å². The van der Waals surface area contributed by atoms with Crippen LogP contribution in [-0.4, -0.2) is 47.0 Å². The molecule has 0 bridgehead atoms. The van der Waals surface area contributed by atoms with Crippen LogP contribution in [0.25, 0.3) is 11.3 Å². The van der Waals surface area contributed by atoms with Crippen LogP contribution in [0, 0.1) is 0 Å². The number of ether oxygens (including phenoxy) is 1. The third-order valence-corrected chi connectivity index (χ3v) is 3.25. The first kappa shape index (κ1) is 15.5. The first-order chi connectivity index (χ1) is 10.2. The Balaban J connectivity index is 2.09. The van der Waals surface area contributed by atoms with E-state index in [4.69, 9.17) is 9.84 Å². The van der Waals surface area contributed by atoms with Crippen LogP contribution in [0.5, 0.6) is 5.75 Å². The quantitative estimate of drug-likeness (QED) is 0.783. The molecule has 0 saturated heterocycles. The van der Waals surface area contributed by atoms with E-state index < -0.39 is 0 Å². The number of rotatable bonds is 8. The number of hydrogen-bond acceptors (Lipinski definition) is 4. The van der Waals surface area contributed by atoms with Gasteiger partial charge in [-0.2, -0.15) is 5.10 Å². The minimum Gasteiger partial charge on any atom is -0.491 e. The Morgan fingerprint density at radius 1 is 1.29 bits per heavy atom. The van der Waals surface area contributed by atoms with Gasteiger partial charge in [0.2, 0.25) is 0 Å². The van der Waals surface area contributed by atoms with Gasteiger partial charge in [-0.3, -0.25) is 5.10 Å². The third-order valence-electron chi connectivity index (χ3n) is 3.25. The average molecular weight is 289 g/mol. The first-order valence-corrected chi connectivity index (χ1v) is 7.30. The molecule has 5 nitrogen and oxygen atoms in total. The van der Waals surface area contributed by atoms with E-state index in [9.17, 15) is 0 Å². The van der Waals surface area contributed by atoms with E-state index >= 15 is 0 Å². The molecule has 0 spiro atoms. The molecule has 0 radical (unpaired) electrons. The van der Waals surface area contributed by atoms with Gasteiger partial charge in [-0.15, -0.1) is 0 Å². The van der Waals surface area contributed by atoms with Crippen LogP contribution >= 0.6 is 0 Å². The SMILES string of the molecule is CCCN(C)Cc1c[nH]nc1-c1ccc(OCCO)cc1. The molecule has 0 aliphatic heterocycles. The minimum absolute atomic E-state index is 0.0228. The number of H-pyrrole nitrogens is 1. The molecule has 1 heterocycles. The van der Waals surface area contributed by atoms with Gasteiger partial charge in [0.05, 0.1) is 12.3 Å². The van der Waals surface area contributed by atoms with Gasteiger partial charge in [-0.1, -0.05) is 6.92 Å². The van der Waals surface area contributed by atoms with Gasteiger partial charge in [0.15, 0.2) is 0 Å². The van der Waals surface area contributed by atoms with Crippen molar-refractivity contribution in [2.75, 3.05) is 26.8 Å². The lowest BCUT2D eigenvalue weighted by molar-refractivity contribution is 0.201. The molecule has 0 saturated carbocycles. The zero-order valence-corrected chi connectivity index (χ0v) is 12.7. The van der Waals surface area contributed by atoms with Crippen molar-refractivity contribution in [3.05, 3.63) is 36.0 Å². The van der Waals surface area contributed by atoms with E-state index in [0.717, 1.165) is 36.5 Å². The Hall–Kier alpha value is -1.85. The fourth-order valence-corrected chi connectivity index (χ4v) is 2.31. The van der Waals surface area contributed by atoms with Gasteiger partial charge < -0.3 is 14.7 Å². The fourth-order valence-electron chi connectivity index (χ4n) is 2.31. The highest BCUT2D eigenvalue weighted by molar-refractivity contribution is 5.63. The van der Waals surface area contributed by atoms with Crippen molar-refractivity contribution in [3.63, 3.8) is 0 Å². The number of hydrogen-bond donors (Lipinski definition) is 2. The molecule has 1 aromatic heterocycles. The summed E-state index contributed by atoms with van der Waals surface area (Å²) in [6.07, 6.45) is 3.10. The van der Waals surface area contributed by atoms with Crippen molar-refractivity contribution in [1.29, 1.82) is 0 Å². The van der Waals surface area contributed by atoms with Gasteiger partial charge in [-0.05, 0) is 44.3 Å². The van der Waals surface area contributed by atoms with Crippen molar-refractivity contribution >= 4 is 0 Å². The zero-order valence-electron chi connectivity index (χ0n) is 12.7. The van der Waals surface area contributed by atoms with Crippen LogP contribution in [0.2, 0.25) is 0 Å². The van der Waals surface area contributed by atoms with Gasteiger partial charge in [0.1, 0.15) is 12.4 Å². The lowest BCUT2D eigenvalue weighted by Crippen LogP contribution is -2.18. The third kappa shape index (κ3) is 4.31. The maximum atomic E-state index is 8.75. The molecular formula is C16H23N3O2. The molecule has 0 fully saturated rings. The number of benzene rings is 1. The van der Waals surface area contributed by atoms with E-state index in [1.807, 2.05) is 30.5 Å². The zero-order chi connectivity index (χ0) is 15.1. The number of nitrogens with one attached hydrogen (secondary N) is 1. The van der Waals surface area contributed by atoms with E-state index in [1.165, 1.54) is 5.56 Å². The first-order valence-electron chi connectivity index (χ1n) is 7.30. The summed E-state index contributed by atoms with van der Waals surface area (Å²) in [5.41, 5.74) is 3.23. The van der Waals surface area contributed by atoms with Crippen molar-refractivity contribution in [2.45, 2.75) is 19.9 Å². The lowest BCUT2D eigenvalue weighted by Gasteiger charge is -2.15. The van der Waals surface area contributed by atoms with Crippen LogP contribution in [0.1, 0.15) is 18.9 Å². The van der Waals surface area contributed by atoms with Crippen LogP contribution < -0.4 is 4.74 Å². The molecule has 2 aromatic rings. The molecule has 2 rings (SSSR count). The van der Waals surface area contributed by atoms with Crippen molar-refractivity contribution in [2.24, 2.45) is 0 Å². The summed E-state index contributed by atoms with van der Waals surface area (Å²) < 4.78 is 5.37. The standard InChI is InChI=1S/C16H23N3O2/c1-3-8-19(2)12-14-11-17-18-16(14)13-4-6-15(7-5-13)21-10-9-20/h4-7,11,20H,3,8-10,12H2,1-2H3,(H,17,18). The minimum atomic E-state index is 0.0228. The summed E-state index contributed by atoms with van der Waals surface area (Å²) in [4.78, 5) is 2.28. The smallest absolute Gasteiger partial charge is 0.119 e. The Morgan fingerprint density at radius 3 is 2.71 bits per heavy atom. The van der Waals surface area contributed by atoms with Gasteiger partial charge in [0.25, 0.3) is 0 Å². The predicted octanol–water partition coefficient (Wildman–Crippen LogP) is 2.29. The molecule has 0 aliphatic carbocycles. The molecule has 114 valence electrons. The number of nitrogens with zero attached hydrogens (tertiary/aromatic N) is 2. The van der Waals surface area contributed by atoms with Gasteiger partial charge in [0, 0.05) is 23.9 Å². The van der Waals surface area contributed by atoms with E-state index in [0.29, 0.717) is 6.61 Å². The van der Waals surface area contributed by atoms with Crippen molar-refractivity contribution in [3.8, 4) is 17.0 Å². The van der Waals surface area contributed by atoms with Crippen LogP contribution in [0.3, 0.4) is 0 Å². The van der Waals surface area contributed by atoms with Crippen LogP contribution in [0.4, 0.5) is 0 Å². The van der Waals surface area contributed by atoms with Crippen LogP contribution in [0.15, 0.2) is 30.5 Å². The molecule has 0 amide bonds. The second-order valence-electron chi connectivity index (χ2n) is 5.09. The molecule has 2 N–H and O–H groups in total. The average Bonchev–Trinajstić information content (AvgIpc) is 2.94. The highest BCUT2D eigenvalue weighted by atomic mass is 16.5. The number of aliphatic hydroxyl groups excluding tert-OH is 1. The predicted molar refractivity (Wildman–Crippen MR) is 83.2 cm³/mol. The van der Waals surface area contributed by atoms with E-state index in [1.54, 1.807) is 0 Å². The lowest BCUT2D eigenvalue weighted by atomic mass is 10.1. The molecule has 0 aliphatic rings.